The molecule has 1 unspecified atom stereocenters. The number of hydrogen-bond donors (Lipinski definition) is 2. The average molecular weight is 705 g/mol. The maximum absolute atomic E-state index is 13.1. The minimum atomic E-state index is -1.34. The number of hydrogen-bond acceptors (Lipinski definition) is 9. The lowest BCUT2D eigenvalue weighted by Crippen LogP contribution is -2.60. The van der Waals surface area contributed by atoms with Gasteiger partial charge >= 0.3 is 0 Å². The van der Waals surface area contributed by atoms with Crippen molar-refractivity contribution in [3.63, 3.8) is 0 Å². The molecule has 1 aromatic carbocycles. The van der Waals surface area contributed by atoms with E-state index < -0.39 is 5.34 Å². The molecule has 2 saturated heterocycles. The fourth-order valence-electron chi connectivity index (χ4n) is 8.14. The van der Waals surface area contributed by atoms with Crippen molar-refractivity contribution in [1.29, 1.82) is 0 Å². The molecule has 15 heteroatoms. The Hall–Kier alpha value is -5.17. The van der Waals surface area contributed by atoms with Gasteiger partial charge in [-0.05, 0) is 62.6 Å². The van der Waals surface area contributed by atoms with E-state index in [2.05, 4.69) is 56.3 Å². The second-order valence-corrected chi connectivity index (χ2v) is 14.9. The van der Waals surface area contributed by atoms with Crippen molar-refractivity contribution in [2.75, 3.05) is 48.8 Å². The van der Waals surface area contributed by atoms with Crippen LogP contribution >= 0.6 is 0 Å². The molecule has 1 saturated carbocycles. The molecule has 4 aliphatic rings. The first kappa shape index (κ1) is 33.7. The fourth-order valence-corrected chi connectivity index (χ4v) is 8.14. The quantitative estimate of drug-likeness (QED) is 0.213. The van der Waals surface area contributed by atoms with Crippen LogP contribution in [0.2, 0.25) is 0 Å². The number of benzene rings is 1. The lowest BCUT2D eigenvalue weighted by molar-refractivity contribution is -0.117. The summed E-state index contributed by atoms with van der Waals surface area (Å²) >= 11 is 0. The number of fused-ring (bicyclic) bond motifs is 4. The van der Waals surface area contributed by atoms with Gasteiger partial charge in [-0.25, -0.2) is 9.97 Å². The third kappa shape index (κ3) is 5.76. The number of nitrogens with one attached hydrogen (secondary N) is 2. The van der Waals surface area contributed by atoms with Crippen LogP contribution in [0.25, 0.3) is 16.8 Å². The molecule has 7 heterocycles. The first-order valence-corrected chi connectivity index (χ1v) is 18.6. The predicted octanol–water partition coefficient (Wildman–Crippen LogP) is 4.53. The number of carbonyl (C=O) groups is 2. The van der Waals surface area contributed by atoms with Crippen LogP contribution in [-0.2, 0) is 10.1 Å². The normalized spacial score (nSPS) is 18.9. The third-order valence-electron chi connectivity index (χ3n) is 11.2. The third-order valence-corrected chi connectivity index (χ3v) is 11.2. The maximum atomic E-state index is 13.1. The van der Waals surface area contributed by atoms with Gasteiger partial charge in [-0.1, -0.05) is 25.1 Å². The number of aromatic nitrogens is 6. The van der Waals surface area contributed by atoms with Gasteiger partial charge in [0, 0.05) is 68.1 Å². The summed E-state index contributed by atoms with van der Waals surface area (Å²) in [7, 11) is 15.7. The Labute approximate surface area is 311 Å². The lowest BCUT2D eigenvalue weighted by Gasteiger charge is -2.50. The van der Waals surface area contributed by atoms with Gasteiger partial charge in [0.15, 0.2) is 5.65 Å². The van der Waals surface area contributed by atoms with Gasteiger partial charge in [-0.2, -0.15) is 14.7 Å². The Morgan fingerprint density at radius 1 is 1.00 bits per heavy atom. The number of anilines is 4. The Bertz CT molecular complexity index is 2250. The number of amides is 2. The number of rotatable bonds is 9. The standard InChI is InChI=1S/C38H41B2N11O2/c1-4-29-35-26(19-41-50(35)24-20-49(21-24)38(39,40)30-12-8-11-28(42-30)37(53)48-15-5-6-16-48)25-9-7-10-27(34(25)47(29)3)43-33-18-31(45-36(52)23-13-14-23)44-32-17-22(2)46-51(32)33/h7-12,17-19,23-24,29,43H,4-6,13-16,20-21H2,1-3H3,(H,44,45,52). The van der Waals surface area contributed by atoms with Crippen LogP contribution in [0.3, 0.4) is 0 Å². The zero-order valence-electron chi connectivity index (χ0n) is 30.3. The van der Waals surface area contributed by atoms with Crippen LogP contribution < -0.4 is 15.5 Å². The van der Waals surface area contributed by atoms with Crippen LogP contribution in [-0.4, -0.2) is 99.9 Å². The monoisotopic (exact) mass is 705 g/mol. The van der Waals surface area contributed by atoms with Crippen molar-refractivity contribution in [1.82, 2.24) is 39.2 Å². The summed E-state index contributed by atoms with van der Waals surface area (Å²) in [4.78, 5) is 41.2. The summed E-state index contributed by atoms with van der Waals surface area (Å²) in [6, 6.07) is 15.4. The molecule has 5 aromatic rings. The Kier molecular flexibility index (Phi) is 8.10. The molecule has 4 aromatic heterocycles. The van der Waals surface area contributed by atoms with E-state index in [4.69, 9.17) is 25.9 Å². The molecule has 0 bridgehead atoms. The molecular weight excluding hydrogens is 664 g/mol. The molecule has 13 nitrogen and oxygen atoms in total. The van der Waals surface area contributed by atoms with Gasteiger partial charge in [-0.15, -0.1) is 0 Å². The predicted molar refractivity (Wildman–Crippen MR) is 205 cm³/mol. The highest BCUT2D eigenvalue weighted by molar-refractivity contribution is 6.39. The fraction of sp³-hybridized carbons (Fsp3) is 0.421. The molecule has 3 aliphatic heterocycles. The van der Waals surface area contributed by atoms with Crippen LogP contribution in [0.15, 0.2) is 54.7 Å². The van der Waals surface area contributed by atoms with Gasteiger partial charge in [-0.3, -0.25) is 14.3 Å². The first-order chi connectivity index (χ1) is 25.6. The molecule has 1 aliphatic carbocycles. The van der Waals surface area contributed by atoms with Crippen molar-refractivity contribution >= 4 is 56.2 Å². The van der Waals surface area contributed by atoms with E-state index in [0.717, 1.165) is 79.1 Å². The SMILES string of the molecule is [B]C([B])(c1cccc(C(=O)N2CCCC2)n1)N1CC(n2ncc3c2C(CC)N(C)c2c(Nc4cc(NC(=O)C5CC5)nc5cc(C)nn45)cccc2-3)C1. The molecule has 2 N–H and O–H groups in total. The van der Waals surface area contributed by atoms with Gasteiger partial charge in [0.25, 0.3) is 5.91 Å². The van der Waals surface area contributed by atoms with E-state index in [9.17, 15) is 9.59 Å². The topological polar surface area (TPSA) is 129 Å². The maximum Gasteiger partial charge on any atom is 0.272 e. The molecule has 266 valence electrons. The number of nitrogens with zero attached hydrogens (tertiary/aromatic N) is 9. The molecule has 1 atom stereocenters. The van der Waals surface area contributed by atoms with E-state index in [0.29, 0.717) is 41.8 Å². The zero-order chi connectivity index (χ0) is 36.6. The summed E-state index contributed by atoms with van der Waals surface area (Å²) in [5.74, 6) is 1.19. The van der Waals surface area contributed by atoms with Gasteiger partial charge < -0.3 is 25.3 Å². The number of aryl methyl sites for hydroxylation is 1. The highest BCUT2D eigenvalue weighted by Gasteiger charge is 2.43. The van der Waals surface area contributed by atoms with Crippen molar-refractivity contribution in [3.8, 4) is 11.1 Å². The van der Waals surface area contributed by atoms with E-state index in [1.54, 1.807) is 16.6 Å². The Morgan fingerprint density at radius 3 is 2.53 bits per heavy atom. The van der Waals surface area contributed by atoms with E-state index in [1.165, 1.54) is 0 Å². The minimum absolute atomic E-state index is 0.00432. The van der Waals surface area contributed by atoms with Crippen molar-refractivity contribution < 1.29 is 9.59 Å². The highest BCUT2D eigenvalue weighted by Crippen LogP contribution is 2.50. The molecule has 2 amide bonds. The summed E-state index contributed by atoms with van der Waals surface area (Å²) in [5, 5.41) is 15.0. The minimum Gasteiger partial charge on any atom is -0.364 e. The molecule has 0 spiro atoms. The van der Waals surface area contributed by atoms with Crippen LogP contribution in [0.4, 0.5) is 23.0 Å². The summed E-state index contributed by atoms with van der Waals surface area (Å²) in [6.07, 6.45) is 6.68. The van der Waals surface area contributed by atoms with E-state index >= 15 is 0 Å². The molecule has 9 rings (SSSR count). The second kappa shape index (κ2) is 12.8. The number of para-hydroxylation sites is 1. The summed E-state index contributed by atoms with van der Waals surface area (Å²) < 4.78 is 3.92. The zero-order valence-corrected chi connectivity index (χ0v) is 30.3. The molecule has 3 fully saturated rings. The average Bonchev–Trinajstić information content (AvgIpc) is 3.46. The molecular formula is C38H41B2N11O2. The molecule has 4 radical (unpaired) electrons. The van der Waals surface area contributed by atoms with Crippen LogP contribution in [0.1, 0.15) is 78.7 Å². The van der Waals surface area contributed by atoms with Gasteiger partial charge in [0.05, 0.1) is 56.7 Å². The van der Waals surface area contributed by atoms with Crippen LogP contribution in [0, 0.1) is 12.8 Å². The first-order valence-electron chi connectivity index (χ1n) is 18.6. The van der Waals surface area contributed by atoms with Gasteiger partial charge in [0.2, 0.25) is 5.91 Å². The number of pyridine rings is 1. The van der Waals surface area contributed by atoms with E-state index in [1.807, 2.05) is 47.2 Å². The number of likely N-dealkylation sites (tertiary alicyclic amines) is 2. The highest BCUT2D eigenvalue weighted by atomic mass is 16.2. The largest absolute Gasteiger partial charge is 0.364 e. The van der Waals surface area contributed by atoms with E-state index in [-0.39, 0.29) is 29.8 Å². The smallest absolute Gasteiger partial charge is 0.272 e. The molecule has 53 heavy (non-hydrogen) atoms. The van der Waals surface area contributed by atoms with Crippen molar-refractivity contribution in [2.45, 2.75) is 63.4 Å². The Morgan fingerprint density at radius 2 is 1.77 bits per heavy atom. The van der Waals surface area contributed by atoms with Crippen LogP contribution in [0.5, 0.6) is 0 Å². The summed E-state index contributed by atoms with van der Waals surface area (Å²) in [6.45, 7) is 6.79. The number of carbonyl (C=O) groups excluding carboxylic acids is 2. The summed E-state index contributed by atoms with van der Waals surface area (Å²) in [5.41, 5.74) is 7.59. The lowest BCUT2D eigenvalue weighted by atomic mass is 9.57. The second-order valence-electron chi connectivity index (χ2n) is 14.9. The Balaban J connectivity index is 0.989. The van der Waals surface area contributed by atoms with Crippen molar-refractivity contribution in [3.05, 3.63) is 77.5 Å². The van der Waals surface area contributed by atoms with Crippen molar-refractivity contribution in [2.24, 2.45) is 5.92 Å². The van der Waals surface area contributed by atoms with Gasteiger partial charge in [0.1, 0.15) is 17.3 Å².